The Hall–Kier alpha value is -1.35. The van der Waals surface area contributed by atoms with Gasteiger partial charge in [-0.2, -0.15) is 0 Å². The van der Waals surface area contributed by atoms with E-state index in [1.165, 1.54) is 11.1 Å². The van der Waals surface area contributed by atoms with Crippen molar-refractivity contribution in [3.63, 3.8) is 0 Å². The van der Waals surface area contributed by atoms with Gasteiger partial charge in [-0.3, -0.25) is 4.79 Å². The van der Waals surface area contributed by atoms with E-state index in [0.717, 1.165) is 0 Å². The van der Waals surface area contributed by atoms with Crippen LogP contribution >= 0.6 is 0 Å². The number of likely N-dealkylation sites (N-methyl/N-ethyl adjacent to an activating group) is 1. The summed E-state index contributed by atoms with van der Waals surface area (Å²) in [5.41, 5.74) is 2.49. The lowest BCUT2D eigenvalue weighted by atomic mass is 10.0. The Morgan fingerprint density at radius 1 is 1.38 bits per heavy atom. The largest absolute Gasteiger partial charge is 0.355 e. The molecule has 2 N–H and O–H groups in total. The fourth-order valence-corrected chi connectivity index (χ4v) is 1.69. The lowest BCUT2D eigenvalue weighted by Gasteiger charge is -2.16. The molecule has 0 fully saturated rings. The lowest BCUT2D eigenvalue weighted by molar-refractivity contribution is -0.120. The van der Waals surface area contributed by atoms with E-state index in [4.69, 9.17) is 0 Å². The molecule has 0 aromatic heterocycles. The van der Waals surface area contributed by atoms with Crippen molar-refractivity contribution < 1.29 is 4.79 Å². The molecule has 1 aromatic carbocycles. The van der Waals surface area contributed by atoms with Crippen LogP contribution in [0, 0.1) is 6.92 Å². The second kappa shape index (κ2) is 6.28. The smallest absolute Gasteiger partial charge is 0.233 e. The highest BCUT2D eigenvalue weighted by Gasteiger charge is 2.08. The Labute approximate surface area is 97.2 Å². The molecule has 0 heterocycles. The second-order valence-corrected chi connectivity index (χ2v) is 3.91. The minimum absolute atomic E-state index is 0.0444. The first-order valence-electron chi connectivity index (χ1n) is 5.70. The van der Waals surface area contributed by atoms with Gasteiger partial charge in [0.25, 0.3) is 0 Å². The van der Waals surface area contributed by atoms with Crippen molar-refractivity contribution in [3.8, 4) is 0 Å². The minimum atomic E-state index is 0.0444. The number of rotatable bonds is 5. The van der Waals surface area contributed by atoms with Crippen LogP contribution in [-0.4, -0.2) is 19.0 Å². The quantitative estimate of drug-likeness (QED) is 0.794. The van der Waals surface area contributed by atoms with Crippen molar-refractivity contribution in [1.82, 2.24) is 10.6 Å². The summed E-state index contributed by atoms with van der Waals surface area (Å²) < 4.78 is 0. The van der Waals surface area contributed by atoms with Crippen molar-refractivity contribution in [2.24, 2.45) is 0 Å². The van der Waals surface area contributed by atoms with Gasteiger partial charge in [-0.1, -0.05) is 24.3 Å². The van der Waals surface area contributed by atoms with Crippen LogP contribution in [0.3, 0.4) is 0 Å². The van der Waals surface area contributed by atoms with Gasteiger partial charge >= 0.3 is 0 Å². The van der Waals surface area contributed by atoms with E-state index < -0.39 is 0 Å². The van der Waals surface area contributed by atoms with E-state index in [1.54, 1.807) is 0 Å². The summed E-state index contributed by atoms with van der Waals surface area (Å²) in [7, 11) is 0. The van der Waals surface area contributed by atoms with Crippen molar-refractivity contribution in [1.29, 1.82) is 0 Å². The van der Waals surface area contributed by atoms with Crippen molar-refractivity contribution >= 4 is 5.91 Å². The van der Waals surface area contributed by atoms with Gasteiger partial charge in [0.2, 0.25) is 5.91 Å². The maximum absolute atomic E-state index is 11.3. The summed E-state index contributed by atoms with van der Waals surface area (Å²) in [5, 5.41) is 5.98. The number of carbonyl (C=O) groups excluding carboxylic acids is 1. The summed E-state index contributed by atoms with van der Waals surface area (Å²) >= 11 is 0. The van der Waals surface area contributed by atoms with E-state index in [-0.39, 0.29) is 11.9 Å². The van der Waals surface area contributed by atoms with Crippen LogP contribution in [0.4, 0.5) is 0 Å². The number of hydrogen-bond acceptors (Lipinski definition) is 2. The summed E-state index contributed by atoms with van der Waals surface area (Å²) in [5.74, 6) is 0.0444. The average molecular weight is 220 g/mol. The van der Waals surface area contributed by atoms with Crippen LogP contribution in [-0.2, 0) is 4.79 Å². The number of benzene rings is 1. The summed E-state index contributed by atoms with van der Waals surface area (Å²) in [4.78, 5) is 11.3. The van der Waals surface area contributed by atoms with Crippen LogP contribution < -0.4 is 10.6 Å². The van der Waals surface area contributed by atoms with Crippen molar-refractivity contribution in [2.45, 2.75) is 26.8 Å². The Morgan fingerprint density at radius 2 is 2.06 bits per heavy atom. The topological polar surface area (TPSA) is 41.1 Å². The summed E-state index contributed by atoms with van der Waals surface area (Å²) in [6, 6.07) is 8.41. The Morgan fingerprint density at radius 3 is 2.69 bits per heavy atom. The van der Waals surface area contributed by atoms with Crippen LogP contribution in [0.25, 0.3) is 0 Å². The number of hydrogen-bond donors (Lipinski definition) is 2. The van der Waals surface area contributed by atoms with Crippen LogP contribution in [0.5, 0.6) is 0 Å². The van der Waals surface area contributed by atoms with E-state index in [0.29, 0.717) is 13.1 Å². The average Bonchev–Trinajstić information content (AvgIpc) is 2.27. The predicted molar refractivity (Wildman–Crippen MR) is 66.3 cm³/mol. The highest BCUT2D eigenvalue weighted by molar-refractivity contribution is 5.77. The molecular formula is C13H20N2O. The molecule has 3 heteroatoms. The highest BCUT2D eigenvalue weighted by Crippen LogP contribution is 2.15. The maximum Gasteiger partial charge on any atom is 0.233 e. The molecule has 1 atom stereocenters. The molecule has 0 radical (unpaired) electrons. The normalized spacial score (nSPS) is 12.2. The third kappa shape index (κ3) is 3.66. The van der Waals surface area contributed by atoms with Gasteiger partial charge in [-0.05, 0) is 31.9 Å². The van der Waals surface area contributed by atoms with Crippen LogP contribution in [0.15, 0.2) is 24.3 Å². The fraction of sp³-hybridized carbons (Fsp3) is 0.462. The van der Waals surface area contributed by atoms with Gasteiger partial charge in [0.1, 0.15) is 0 Å². The lowest BCUT2D eigenvalue weighted by Crippen LogP contribution is -2.34. The molecule has 3 nitrogen and oxygen atoms in total. The van der Waals surface area contributed by atoms with Crippen LogP contribution in [0.2, 0.25) is 0 Å². The molecule has 0 saturated carbocycles. The number of aryl methyl sites for hydroxylation is 1. The maximum atomic E-state index is 11.3. The van der Waals surface area contributed by atoms with Crippen molar-refractivity contribution in [3.05, 3.63) is 35.4 Å². The van der Waals surface area contributed by atoms with E-state index in [9.17, 15) is 4.79 Å². The molecule has 1 aromatic rings. The van der Waals surface area contributed by atoms with E-state index >= 15 is 0 Å². The third-order valence-electron chi connectivity index (χ3n) is 2.60. The zero-order valence-corrected chi connectivity index (χ0v) is 10.2. The molecule has 0 bridgehead atoms. The summed E-state index contributed by atoms with van der Waals surface area (Å²) in [6.45, 7) is 7.12. The molecule has 0 aliphatic carbocycles. The highest BCUT2D eigenvalue weighted by atomic mass is 16.1. The minimum Gasteiger partial charge on any atom is -0.355 e. The molecule has 88 valence electrons. The molecule has 0 spiro atoms. The predicted octanol–water partition coefficient (Wildman–Crippen LogP) is 1.78. The molecular weight excluding hydrogens is 200 g/mol. The monoisotopic (exact) mass is 220 g/mol. The van der Waals surface area contributed by atoms with Gasteiger partial charge in [-0.25, -0.2) is 0 Å². The molecule has 0 unspecified atom stereocenters. The summed E-state index contributed by atoms with van der Waals surface area (Å²) in [6.07, 6.45) is 0. The number of carbonyl (C=O) groups is 1. The SMILES string of the molecule is CCNC(=O)CN[C@@H](C)c1ccccc1C. The first-order chi connectivity index (χ1) is 7.65. The Balaban J connectivity index is 2.50. The van der Waals surface area contributed by atoms with Crippen molar-refractivity contribution in [2.75, 3.05) is 13.1 Å². The second-order valence-electron chi connectivity index (χ2n) is 3.91. The molecule has 0 saturated heterocycles. The molecule has 1 amide bonds. The first kappa shape index (κ1) is 12.7. The number of nitrogens with one attached hydrogen (secondary N) is 2. The Kier molecular flexibility index (Phi) is 4.99. The van der Waals surface area contributed by atoms with Gasteiger partial charge in [-0.15, -0.1) is 0 Å². The Bertz CT molecular complexity index is 350. The zero-order valence-electron chi connectivity index (χ0n) is 10.2. The van der Waals surface area contributed by atoms with Gasteiger partial charge in [0, 0.05) is 12.6 Å². The molecule has 0 aliphatic rings. The standard InChI is InChI=1S/C13H20N2O/c1-4-14-13(16)9-15-11(3)12-8-6-5-7-10(12)2/h5-8,11,15H,4,9H2,1-3H3,(H,14,16)/t11-/m0/s1. The molecule has 0 aliphatic heterocycles. The zero-order chi connectivity index (χ0) is 12.0. The fourth-order valence-electron chi connectivity index (χ4n) is 1.69. The third-order valence-corrected chi connectivity index (χ3v) is 2.60. The van der Waals surface area contributed by atoms with E-state index in [2.05, 4.69) is 36.6 Å². The van der Waals surface area contributed by atoms with Gasteiger partial charge in [0.05, 0.1) is 6.54 Å². The van der Waals surface area contributed by atoms with Crippen LogP contribution in [0.1, 0.15) is 31.0 Å². The molecule has 1 rings (SSSR count). The molecule has 16 heavy (non-hydrogen) atoms. The first-order valence-corrected chi connectivity index (χ1v) is 5.70. The van der Waals surface area contributed by atoms with E-state index in [1.807, 2.05) is 19.1 Å². The number of amides is 1. The van der Waals surface area contributed by atoms with Gasteiger partial charge in [0.15, 0.2) is 0 Å². The van der Waals surface area contributed by atoms with Gasteiger partial charge < -0.3 is 10.6 Å².